The molecular weight excluding hydrogens is 381 g/mol. The summed E-state index contributed by atoms with van der Waals surface area (Å²) in [5.74, 6) is 1.19. The van der Waals surface area contributed by atoms with Crippen molar-refractivity contribution in [3.05, 3.63) is 72.1 Å². The van der Waals surface area contributed by atoms with Gasteiger partial charge in [-0.2, -0.15) is 13.2 Å². The minimum Gasteiger partial charge on any atom is -0.485 e. The number of nitrogens with zero attached hydrogens (tertiary/aromatic N) is 2. The topological polar surface area (TPSA) is 47.3 Å². The molecule has 7 heteroatoms. The molecule has 0 spiro atoms. The summed E-state index contributed by atoms with van der Waals surface area (Å²) in [6.45, 7) is 0.520. The summed E-state index contributed by atoms with van der Waals surface area (Å²) in [5, 5.41) is 11.2. The fourth-order valence-corrected chi connectivity index (χ4v) is 3.41. The van der Waals surface area contributed by atoms with Crippen LogP contribution in [-0.2, 0) is 19.3 Å². The van der Waals surface area contributed by atoms with Gasteiger partial charge in [-0.15, -0.1) is 0 Å². The average molecular weight is 400 g/mol. The number of hydrogen-bond acceptors (Lipinski definition) is 3. The van der Waals surface area contributed by atoms with E-state index in [9.17, 15) is 18.3 Å². The minimum atomic E-state index is -4.43. The molecule has 0 fully saturated rings. The molecule has 0 aliphatic rings. The smallest absolute Gasteiger partial charge is 0.416 e. The maximum atomic E-state index is 13.1. The number of imidazole rings is 1. The second-order valence-corrected chi connectivity index (χ2v) is 6.72. The SMILES string of the molecule is OCCCn1c(COc2cccc3ccccc23)nc2cc(C(F)(F)F)ccc21. The van der Waals surface area contributed by atoms with E-state index >= 15 is 0 Å². The number of fused-ring (bicyclic) bond motifs is 2. The first-order valence-electron chi connectivity index (χ1n) is 9.25. The molecule has 0 saturated carbocycles. The summed E-state index contributed by atoms with van der Waals surface area (Å²) in [5.41, 5.74) is 0.107. The van der Waals surface area contributed by atoms with Gasteiger partial charge < -0.3 is 14.4 Å². The quantitative estimate of drug-likeness (QED) is 0.486. The average Bonchev–Trinajstić information content (AvgIpc) is 3.06. The molecule has 0 aliphatic carbocycles. The van der Waals surface area contributed by atoms with Crippen LogP contribution in [-0.4, -0.2) is 21.3 Å². The molecule has 0 bridgehead atoms. The number of alkyl halides is 3. The van der Waals surface area contributed by atoms with Crippen molar-refractivity contribution in [3.63, 3.8) is 0 Å². The summed E-state index contributed by atoms with van der Waals surface area (Å²) >= 11 is 0. The van der Waals surface area contributed by atoms with Crippen molar-refractivity contribution >= 4 is 21.8 Å². The van der Waals surface area contributed by atoms with Crippen LogP contribution < -0.4 is 4.74 Å². The Morgan fingerprint density at radius 3 is 2.59 bits per heavy atom. The van der Waals surface area contributed by atoms with Gasteiger partial charge in [0.05, 0.1) is 16.6 Å². The highest BCUT2D eigenvalue weighted by molar-refractivity contribution is 5.88. The number of benzene rings is 3. The van der Waals surface area contributed by atoms with Crippen molar-refractivity contribution in [2.24, 2.45) is 0 Å². The Bertz CT molecular complexity index is 1150. The first-order chi connectivity index (χ1) is 14.0. The molecule has 29 heavy (non-hydrogen) atoms. The third-order valence-corrected chi connectivity index (χ3v) is 4.80. The van der Waals surface area contributed by atoms with E-state index in [1.165, 1.54) is 6.07 Å². The lowest BCUT2D eigenvalue weighted by atomic mass is 10.1. The molecule has 0 aliphatic heterocycles. The van der Waals surface area contributed by atoms with Crippen molar-refractivity contribution in [3.8, 4) is 5.75 Å². The van der Waals surface area contributed by atoms with E-state index in [1.54, 1.807) is 4.57 Å². The molecule has 0 unspecified atom stereocenters. The van der Waals surface area contributed by atoms with E-state index in [0.29, 0.717) is 30.1 Å². The van der Waals surface area contributed by atoms with E-state index in [-0.39, 0.29) is 18.7 Å². The van der Waals surface area contributed by atoms with Gasteiger partial charge in [-0.3, -0.25) is 0 Å². The van der Waals surface area contributed by atoms with Gasteiger partial charge in [-0.25, -0.2) is 4.98 Å². The van der Waals surface area contributed by atoms with Crippen molar-refractivity contribution in [1.29, 1.82) is 0 Å². The zero-order valence-corrected chi connectivity index (χ0v) is 15.5. The van der Waals surface area contributed by atoms with Crippen LogP contribution >= 0.6 is 0 Å². The number of aliphatic hydroxyl groups is 1. The van der Waals surface area contributed by atoms with Crippen molar-refractivity contribution in [1.82, 2.24) is 9.55 Å². The standard InChI is InChI=1S/C22H19F3N2O2/c23-22(24,25)16-9-10-19-18(13-16)26-21(27(19)11-4-12-28)14-29-20-8-3-6-15-5-1-2-7-17(15)20/h1-3,5-10,13,28H,4,11-12,14H2. The first-order valence-corrected chi connectivity index (χ1v) is 9.25. The largest absolute Gasteiger partial charge is 0.485 e. The van der Waals surface area contributed by atoms with Crippen LogP contribution in [0.4, 0.5) is 13.2 Å². The fraction of sp³-hybridized carbons (Fsp3) is 0.227. The van der Waals surface area contributed by atoms with Crippen LogP contribution in [0.2, 0.25) is 0 Å². The molecular formula is C22H19F3N2O2. The number of ether oxygens (including phenoxy) is 1. The van der Waals surface area contributed by atoms with Crippen LogP contribution in [0.5, 0.6) is 5.75 Å². The van der Waals surface area contributed by atoms with E-state index in [1.807, 2.05) is 42.5 Å². The summed E-state index contributed by atoms with van der Waals surface area (Å²) in [4.78, 5) is 4.39. The van der Waals surface area contributed by atoms with Crippen LogP contribution in [0.3, 0.4) is 0 Å². The van der Waals surface area contributed by atoms with Gasteiger partial charge >= 0.3 is 6.18 Å². The summed E-state index contributed by atoms with van der Waals surface area (Å²) in [6.07, 6.45) is -3.96. The van der Waals surface area contributed by atoms with E-state index in [2.05, 4.69) is 4.98 Å². The molecule has 1 aromatic heterocycles. The van der Waals surface area contributed by atoms with Crippen molar-refractivity contribution in [2.45, 2.75) is 25.7 Å². The summed E-state index contributed by atoms with van der Waals surface area (Å²) < 4.78 is 46.9. The number of halogens is 3. The van der Waals surface area contributed by atoms with E-state index in [0.717, 1.165) is 22.9 Å². The van der Waals surface area contributed by atoms with Crippen molar-refractivity contribution in [2.75, 3.05) is 6.61 Å². The lowest BCUT2D eigenvalue weighted by molar-refractivity contribution is -0.137. The second-order valence-electron chi connectivity index (χ2n) is 6.72. The predicted molar refractivity (Wildman–Crippen MR) is 105 cm³/mol. The Hall–Kier alpha value is -3.06. The second kappa shape index (κ2) is 7.75. The molecule has 0 saturated heterocycles. The minimum absolute atomic E-state index is 0.0239. The van der Waals surface area contributed by atoms with Crippen LogP contribution in [0, 0.1) is 0 Å². The maximum absolute atomic E-state index is 13.1. The molecule has 4 aromatic rings. The van der Waals surface area contributed by atoms with Gasteiger partial charge in [-0.1, -0.05) is 36.4 Å². The Labute approximate surface area is 165 Å². The molecule has 4 nitrogen and oxygen atoms in total. The molecule has 0 atom stereocenters. The number of aryl methyl sites for hydroxylation is 1. The van der Waals surface area contributed by atoms with Gasteiger partial charge in [0.2, 0.25) is 0 Å². The maximum Gasteiger partial charge on any atom is 0.416 e. The normalized spacial score (nSPS) is 12.0. The molecule has 1 N–H and O–H groups in total. The Morgan fingerprint density at radius 1 is 1.00 bits per heavy atom. The zero-order valence-electron chi connectivity index (χ0n) is 15.5. The number of aliphatic hydroxyl groups excluding tert-OH is 1. The van der Waals surface area contributed by atoms with Gasteiger partial charge in [0.25, 0.3) is 0 Å². The van der Waals surface area contributed by atoms with Gasteiger partial charge in [0.1, 0.15) is 18.2 Å². The fourth-order valence-electron chi connectivity index (χ4n) is 3.41. The number of aromatic nitrogens is 2. The Morgan fingerprint density at radius 2 is 1.79 bits per heavy atom. The molecule has 1 heterocycles. The molecule has 0 amide bonds. The number of rotatable bonds is 6. The predicted octanol–water partition coefficient (Wildman–Crippen LogP) is 5.17. The highest BCUT2D eigenvalue weighted by atomic mass is 19.4. The third kappa shape index (κ3) is 3.91. The summed E-state index contributed by atoms with van der Waals surface area (Å²) in [6, 6.07) is 17.0. The van der Waals surface area contributed by atoms with Gasteiger partial charge in [-0.05, 0) is 36.1 Å². The summed E-state index contributed by atoms with van der Waals surface area (Å²) in [7, 11) is 0. The highest BCUT2D eigenvalue weighted by Gasteiger charge is 2.31. The van der Waals surface area contributed by atoms with Crippen LogP contribution in [0.1, 0.15) is 17.8 Å². The molecule has 4 rings (SSSR count). The van der Waals surface area contributed by atoms with Gasteiger partial charge in [0.15, 0.2) is 0 Å². The monoisotopic (exact) mass is 400 g/mol. The number of hydrogen-bond donors (Lipinski definition) is 1. The van der Waals surface area contributed by atoms with E-state index < -0.39 is 11.7 Å². The zero-order chi connectivity index (χ0) is 20.4. The van der Waals surface area contributed by atoms with E-state index in [4.69, 9.17) is 4.74 Å². The third-order valence-electron chi connectivity index (χ3n) is 4.80. The lowest BCUT2D eigenvalue weighted by Gasteiger charge is -2.12. The Balaban J connectivity index is 1.69. The van der Waals surface area contributed by atoms with Crippen LogP contribution in [0.25, 0.3) is 21.8 Å². The van der Waals surface area contributed by atoms with Crippen LogP contribution in [0.15, 0.2) is 60.7 Å². The Kier molecular flexibility index (Phi) is 5.15. The highest BCUT2D eigenvalue weighted by Crippen LogP contribution is 2.32. The molecule has 0 radical (unpaired) electrons. The molecule has 150 valence electrons. The van der Waals surface area contributed by atoms with Gasteiger partial charge in [0, 0.05) is 18.5 Å². The lowest BCUT2D eigenvalue weighted by Crippen LogP contribution is -2.09. The molecule has 3 aromatic carbocycles. The first kappa shape index (κ1) is 19.3. The van der Waals surface area contributed by atoms with Crippen molar-refractivity contribution < 1.29 is 23.0 Å².